The van der Waals surface area contributed by atoms with E-state index in [1.165, 1.54) is 18.4 Å². The van der Waals surface area contributed by atoms with Gasteiger partial charge in [-0.25, -0.2) is 9.59 Å². The van der Waals surface area contributed by atoms with E-state index in [2.05, 4.69) is 39.8 Å². The second-order valence-electron chi connectivity index (χ2n) is 15.0. The number of carbonyl (C=O) groups is 2. The summed E-state index contributed by atoms with van der Waals surface area (Å²) in [7, 11) is 1.57. The summed E-state index contributed by atoms with van der Waals surface area (Å²) in [6, 6.07) is 34.2. The zero-order valence-electron chi connectivity index (χ0n) is 33.8. The van der Waals surface area contributed by atoms with Gasteiger partial charge in [-0.15, -0.1) is 0 Å². The first kappa shape index (κ1) is 42.5. The Balaban J connectivity index is 0.809. The van der Waals surface area contributed by atoms with Gasteiger partial charge in [0.2, 0.25) is 0 Å². The zero-order valence-corrected chi connectivity index (χ0v) is 33.8. The third-order valence-corrected chi connectivity index (χ3v) is 10.7. The molecule has 4 aromatic carbocycles. The molecule has 1 saturated heterocycles. The SMILES string of the molecule is COc1cc(CCO[C@H]2CCCCC2N2CC[C@@H](OCc3ccccc3)C2)ccc1OC(=O)NCCCCNC(=O)OCCc1ccc(OCc2ccccc2)cc1. The number of alkyl carbamates (subject to hydrolysis) is 1. The monoisotopic (exact) mass is 793 g/mol. The van der Waals surface area contributed by atoms with Crippen LogP contribution in [0.25, 0.3) is 0 Å². The predicted octanol–water partition coefficient (Wildman–Crippen LogP) is 8.27. The van der Waals surface area contributed by atoms with Crippen molar-refractivity contribution in [1.82, 2.24) is 15.5 Å². The molecule has 0 radical (unpaired) electrons. The third kappa shape index (κ3) is 14.1. The van der Waals surface area contributed by atoms with Crippen LogP contribution in [-0.2, 0) is 40.3 Å². The Kier molecular flexibility index (Phi) is 17.1. The molecule has 1 aliphatic heterocycles. The topological polar surface area (TPSA) is 117 Å². The minimum absolute atomic E-state index is 0.214. The van der Waals surface area contributed by atoms with E-state index in [-0.39, 0.29) is 18.8 Å². The highest BCUT2D eigenvalue weighted by molar-refractivity contribution is 5.71. The number of rotatable bonds is 21. The second kappa shape index (κ2) is 23.3. The van der Waals surface area contributed by atoms with Gasteiger partial charge in [0.1, 0.15) is 12.4 Å². The van der Waals surface area contributed by atoms with E-state index in [9.17, 15) is 9.59 Å². The van der Waals surface area contributed by atoms with Gasteiger partial charge < -0.3 is 39.1 Å². The van der Waals surface area contributed by atoms with E-state index in [4.69, 9.17) is 28.4 Å². The third-order valence-electron chi connectivity index (χ3n) is 10.7. The highest BCUT2D eigenvalue weighted by atomic mass is 16.6. The minimum Gasteiger partial charge on any atom is -0.493 e. The molecule has 6 rings (SSSR count). The second-order valence-corrected chi connectivity index (χ2v) is 15.0. The number of nitrogens with one attached hydrogen (secondary N) is 2. The number of likely N-dealkylation sites (tertiary alicyclic amines) is 1. The Labute approximate surface area is 343 Å². The van der Waals surface area contributed by atoms with E-state index in [0.29, 0.717) is 69.7 Å². The standard InChI is InChI=1S/C47H59N3O8/c1-53-45-32-37(26-30-54-43-17-9-8-16-42(43)50-29-24-41(33-50)57-35-39-14-6-3-7-15-39)20-23-44(45)58-47(52)49-28-11-10-27-48-46(51)55-31-25-36-18-21-40(22-19-36)56-34-38-12-4-2-5-13-38/h2-7,12-15,18-23,32,41-43H,8-11,16-17,24-31,33-35H2,1H3,(H,48,51)(H,49,52)/t41-,42?,43+/m1/s1. The van der Waals surface area contributed by atoms with Crippen molar-refractivity contribution < 1.29 is 38.0 Å². The lowest BCUT2D eigenvalue weighted by Crippen LogP contribution is -2.46. The summed E-state index contributed by atoms with van der Waals surface area (Å²) in [5.74, 6) is 1.64. The van der Waals surface area contributed by atoms with Crippen molar-refractivity contribution in [3.05, 3.63) is 125 Å². The smallest absolute Gasteiger partial charge is 0.412 e. The summed E-state index contributed by atoms with van der Waals surface area (Å²) in [5, 5.41) is 5.53. The van der Waals surface area contributed by atoms with Crippen molar-refractivity contribution in [3.8, 4) is 17.2 Å². The van der Waals surface area contributed by atoms with Gasteiger partial charge in [-0.05, 0) is 85.0 Å². The lowest BCUT2D eigenvalue weighted by molar-refractivity contribution is -0.0352. The number of carbonyl (C=O) groups excluding carboxylic acids is 2. The average Bonchev–Trinajstić information content (AvgIpc) is 3.74. The van der Waals surface area contributed by atoms with E-state index in [0.717, 1.165) is 61.2 Å². The average molecular weight is 794 g/mol. The molecule has 1 aliphatic carbocycles. The fraction of sp³-hybridized carbons (Fsp3) is 0.447. The maximum absolute atomic E-state index is 12.5. The summed E-state index contributed by atoms with van der Waals surface area (Å²) in [6.45, 7) is 4.91. The zero-order chi connectivity index (χ0) is 40.2. The molecular weight excluding hydrogens is 735 g/mol. The van der Waals surface area contributed by atoms with Crippen LogP contribution in [0, 0.1) is 0 Å². The number of amides is 2. The summed E-state index contributed by atoms with van der Waals surface area (Å²) in [4.78, 5) is 27.3. The molecule has 2 amide bonds. The molecule has 11 nitrogen and oxygen atoms in total. The van der Waals surface area contributed by atoms with Gasteiger partial charge in [0.25, 0.3) is 0 Å². The van der Waals surface area contributed by atoms with Crippen molar-refractivity contribution in [2.75, 3.05) is 46.5 Å². The van der Waals surface area contributed by atoms with E-state index < -0.39 is 12.2 Å². The Bertz CT molecular complexity index is 1810. The number of hydrogen-bond donors (Lipinski definition) is 2. The molecule has 4 aromatic rings. The Morgan fingerprint density at radius 2 is 1.34 bits per heavy atom. The fourth-order valence-corrected chi connectivity index (χ4v) is 7.52. The highest BCUT2D eigenvalue weighted by Crippen LogP contribution is 2.31. The van der Waals surface area contributed by atoms with Gasteiger partial charge in [-0.1, -0.05) is 91.7 Å². The Hall–Kier alpha value is -5.10. The van der Waals surface area contributed by atoms with Gasteiger partial charge in [0.15, 0.2) is 11.5 Å². The van der Waals surface area contributed by atoms with Crippen LogP contribution in [0.5, 0.6) is 17.2 Å². The first-order chi connectivity index (χ1) is 28.5. The lowest BCUT2D eigenvalue weighted by atomic mass is 9.91. The van der Waals surface area contributed by atoms with E-state index in [1.807, 2.05) is 72.8 Å². The first-order valence-corrected chi connectivity index (χ1v) is 20.8. The maximum Gasteiger partial charge on any atom is 0.412 e. The molecule has 1 unspecified atom stereocenters. The van der Waals surface area contributed by atoms with Crippen LogP contribution >= 0.6 is 0 Å². The van der Waals surface area contributed by atoms with Crippen LogP contribution in [-0.4, -0.2) is 81.8 Å². The van der Waals surface area contributed by atoms with Crippen molar-refractivity contribution in [2.45, 2.75) is 89.3 Å². The quantitative estimate of drug-likeness (QED) is 0.0805. The van der Waals surface area contributed by atoms with Crippen molar-refractivity contribution in [1.29, 1.82) is 0 Å². The molecule has 310 valence electrons. The van der Waals surface area contributed by atoms with Crippen molar-refractivity contribution in [2.24, 2.45) is 0 Å². The molecule has 0 aromatic heterocycles. The number of ether oxygens (including phenoxy) is 6. The minimum atomic E-state index is -0.560. The van der Waals surface area contributed by atoms with Crippen LogP contribution < -0.4 is 24.8 Å². The van der Waals surface area contributed by atoms with Crippen molar-refractivity contribution >= 4 is 12.2 Å². The van der Waals surface area contributed by atoms with Crippen LogP contribution in [0.15, 0.2) is 103 Å². The normalized spacial score (nSPS) is 18.0. The van der Waals surface area contributed by atoms with Crippen LogP contribution in [0.1, 0.15) is 67.2 Å². The Morgan fingerprint density at radius 3 is 2.09 bits per heavy atom. The van der Waals surface area contributed by atoms with E-state index in [1.54, 1.807) is 13.2 Å². The molecule has 3 atom stereocenters. The molecule has 0 bridgehead atoms. The summed E-state index contributed by atoms with van der Waals surface area (Å²) >= 11 is 0. The van der Waals surface area contributed by atoms with Gasteiger partial charge in [0, 0.05) is 38.6 Å². The van der Waals surface area contributed by atoms with Crippen LogP contribution in [0.4, 0.5) is 9.59 Å². The summed E-state index contributed by atoms with van der Waals surface area (Å²) in [5.41, 5.74) is 4.44. The molecule has 2 N–H and O–H groups in total. The molecule has 2 aliphatic rings. The molecule has 1 heterocycles. The number of benzene rings is 4. The van der Waals surface area contributed by atoms with Crippen LogP contribution in [0.3, 0.4) is 0 Å². The van der Waals surface area contributed by atoms with Gasteiger partial charge in [-0.3, -0.25) is 4.90 Å². The maximum atomic E-state index is 12.5. The first-order valence-electron chi connectivity index (χ1n) is 20.8. The molecule has 1 saturated carbocycles. The fourth-order valence-electron chi connectivity index (χ4n) is 7.52. The van der Waals surface area contributed by atoms with Gasteiger partial charge >= 0.3 is 12.2 Å². The van der Waals surface area contributed by atoms with E-state index >= 15 is 0 Å². The molecule has 58 heavy (non-hydrogen) atoms. The molecular formula is C47H59N3O8. The van der Waals surface area contributed by atoms with Gasteiger partial charge in [-0.2, -0.15) is 0 Å². The summed E-state index contributed by atoms with van der Waals surface area (Å²) < 4.78 is 35.1. The molecule has 11 heteroatoms. The largest absolute Gasteiger partial charge is 0.493 e. The number of nitrogens with zero attached hydrogens (tertiary/aromatic N) is 1. The summed E-state index contributed by atoms with van der Waals surface area (Å²) in [6.07, 6.45) is 7.85. The number of methoxy groups -OCH3 is 1. The van der Waals surface area contributed by atoms with Crippen molar-refractivity contribution in [3.63, 3.8) is 0 Å². The molecule has 2 fully saturated rings. The molecule has 0 spiro atoms. The highest BCUT2D eigenvalue weighted by Gasteiger charge is 2.35. The van der Waals surface area contributed by atoms with Gasteiger partial charge in [0.05, 0.1) is 39.1 Å². The Morgan fingerprint density at radius 1 is 0.672 bits per heavy atom. The number of unbranched alkanes of at least 4 members (excludes halogenated alkanes) is 1. The number of hydrogen-bond acceptors (Lipinski definition) is 9. The lowest BCUT2D eigenvalue weighted by Gasteiger charge is -2.37. The van der Waals surface area contributed by atoms with Crippen LogP contribution in [0.2, 0.25) is 0 Å². The predicted molar refractivity (Wildman–Crippen MR) is 223 cm³/mol.